The van der Waals surface area contributed by atoms with E-state index in [0.29, 0.717) is 5.56 Å². The lowest BCUT2D eigenvalue weighted by atomic mass is 9.90. The average molecular weight is 370 g/mol. The Hall–Kier alpha value is -2.33. The van der Waals surface area contributed by atoms with Crippen LogP contribution in [0.3, 0.4) is 0 Å². The highest BCUT2D eigenvalue weighted by Gasteiger charge is 2.30. The SMILES string of the molecule is COC(=O)c1[nH]c(CN)c(-c2ccc(CO)c(CO)c2CO)c1C(F)F. The number of benzene rings is 1. The second-order valence-electron chi connectivity index (χ2n) is 5.47. The number of nitrogens with one attached hydrogen (secondary N) is 1. The van der Waals surface area contributed by atoms with E-state index >= 15 is 0 Å². The number of hydrogen-bond acceptors (Lipinski definition) is 6. The Labute approximate surface area is 148 Å². The van der Waals surface area contributed by atoms with Gasteiger partial charge in [-0.15, -0.1) is 0 Å². The fraction of sp³-hybridized carbons (Fsp3) is 0.353. The van der Waals surface area contributed by atoms with Crippen LogP contribution >= 0.6 is 0 Å². The molecule has 26 heavy (non-hydrogen) atoms. The van der Waals surface area contributed by atoms with Crippen molar-refractivity contribution in [1.82, 2.24) is 4.98 Å². The van der Waals surface area contributed by atoms with Crippen molar-refractivity contribution in [1.29, 1.82) is 0 Å². The number of hydrogen-bond donors (Lipinski definition) is 5. The Balaban J connectivity index is 2.87. The Morgan fingerprint density at radius 3 is 2.31 bits per heavy atom. The van der Waals surface area contributed by atoms with E-state index in [2.05, 4.69) is 9.72 Å². The average Bonchev–Trinajstić information content (AvgIpc) is 3.05. The van der Waals surface area contributed by atoms with Crippen LogP contribution < -0.4 is 5.73 Å². The predicted molar refractivity (Wildman–Crippen MR) is 88.2 cm³/mol. The van der Waals surface area contributed by atoms with Crippen molar-refractivity contribution < 1.29 is 33.6 Å². The summed E-state index contributed by atoms with van der Waals surface area (Å²) < 4.78 is 32.1. The number of carbonyl (C=O) groups is 1. The fourth-order valence-electron chi connectivity index (χ4n) is 3.01. The molecule has 9 heteroatoms. The molecule has 0 amide bonds. The van der Waals surface area contributed by atoms with E-state index in [9.17, 15) is 28.9 Å². The Kier molecular flexibility index (Phi) is 6.43. The van der Waals surface area contributed by atoms with Crippen LogP contribution in [0.1, 0.15) is 44.9 Å². The predicted octanol–water partition coefficient (Wildman–Crippen LogP) is 1.34. The van der Waals surface area contributed by atoms with Gasteiger partial charge in [-0.25, -0.2) is 13.6 Å². The normalized spacial score (nSPS) is 11.2. The largest absolute Gasteiger partial charge is 0.464 e. The third-order valence-electron chi connectivity index (χ3n) is 4.21. The van der Waals surface area contributed by atoms with Gasteiger partial charge in [-0.3, -0.25) is 0 Å². The summed E-state index contributed by atoms with van der Waals surface area (Å²) in [5, 5.41) is 28.7. The molecule has 1 aromatic carbocycles. The highest BCUT2D eigenvalue weighted by Crippen LogP contribution is 2.40. The molecule has 1 heterocycles. The first-order valence-electron chi connectivity index (χ1n) is 7.72. The van der Waals surface area contributed by atoms with Gasteiger partial charge in [-0.1, -0.05) is 12.1 Å². The highest BCUT2D eigenvalue weighted by molar-refractivity contribution is 5.93. The molecule has 0 atom stereocenters. The molecule has 1 aromatic heterocycles. The van der Waals surface area contributed by atoms with Crippen molar-refractivity contribution in [3.8, 4) is 11.1 Å². The summed E-state index contributed by atoms with van der Waals surface area (Å²) in [6.45, 7) is -1.64. The van der Waals surface area contributed by atoms with E-state index < -0.39 is 43.5 Å². The molecule has 0 aliphatic rings. The van der Waals surface area contributed by atoms with E-state index in [4.69, 9.17) is 5.73 Å². The van der Waals surface area contributed by atoms with Crippen LogP contribution in [0.15, 0.2) is 12.1 Å². The van der Waals surface area contributed by atoms with Crippen LogP contribution in [0.2, 0.25) is 0 Å². The van der Waals surface area contributed by atoms with Crippen LogP contribution in [0.4, 0.5) is 8.78 Å². The molecular formula is C17H20F2N2O5. The quantitative estimate of drug-likeness (QED) is 0.468. The smallest absolute Gasteiger partial charge is 0.354 e. The molecule has 0 aliphatic carbocycles. The van der Waals surface area contributed by atoms with Crippen LogP contribution in [0.5, 0.6) is 0 Å². The summed E-state index contributed by atoms with van der Waals surface area (Å²) in [5.41, 5.74) is 5.74. The first-order valence-corrected chi connectivity index (χ1v) is 7.72. The number of rotatable bonds is 7. The number of esters is 1. The van der Waals surface area contributed by atoms with Gasteiger partial charge in [0, 0.05) is 17.8 Å². The third kappa shape index (κ3) is 3.34. The van der Waals surface area contributed by atoms with Gasteiger partial charge in [0.25, 0.3) is 6.43 Å². The Bertz CT molecular complexity index is 805. The van der Waals surface area contributed by atoms with Crippen molar-refractivity contribution in [2.75, 3.05) is 7.11 Å². The number of aromatic nitrogens is 1. The van der Waals surface area contributed by atoms with Gasteiger partial charge >= 0.3 is 5.97 Å². The lowest BCUT2D eigenvalue weighted by molar-refractivity contribution is 0.0583. The molecule has 0 saturated carbocycles. The molecule has 0 fully saturated rings. The molecule has 6 N–H and O–H groups in total. The summed E-state index contributed by atoms with van der Waals surface area (Å²) in [5.74, 6) is -0.971. The maximum Gasteiger partial charge on any atom is 0.354 e. The maximum absolute atomic E-state index is 13.8. The number of alkyl halides is 2. The first-order chi connectivity index (χ1) is 12.4. The molecule has 2 rings (SSSR count). The second kappa shape index (κ2) is 8.37. The molecular weight excluding hydrogens is 350 g/mol. The summed E-state index contributed by atoms with van der Waals surface area (Å²) in [7, 11) is 1.07. The molecule has 142 valence electrons. The van der Waals surface area contributed by atoms with Crippen LogP contribution in [-0.4, -0.2) is 33.4 Å². The minimum absolute atomic E-state index is 0.0221. The van der Waals surface area contributed by atoms with E-state index in [-0.39, 0.29) is 34.5 Å². The fourth-order valence-corrected chi connectivity index (χ4v) is 3.01. The van der Waals surface area contributed by atoms with Crippen molar-refractivity contribution in [2.24, 2.45) is 5.73 Å². The van der Waals surface area contributed by atoms with Gasteiger partial charge in [-0.2, -0.15) is 0 Å². The van der Waals surface area contributed by atoms with Crippen molar-refractivity contribution >= 4 is 5.97 Å². The summed E-state index contributed by atoms with van der Waals surface area (Å²) in [6.07, 6.45) is -3.02. The molecule has 7 nitrogen and oxygen atoms in total. The number of aromatic amines is 1. The molecule has 2 aromatic rings. The Morgan fingerprint density at radius 1 is 1.19 bits per heavy atom. The van der Waals surface area contributed by atoms with E-state index in [1.54, 1.807) is 0 Å². The monoisotopic (exact) mass is 370 g/mol. The van der Waals surface area contributed by atoms with E-state index in [1.165, 1.54) is 12.1 Å². The number of aliphatic hydroxyl groups excluding tert-OH is 3. The van der Waals surface area contributed by atoms with Crippen LogP contribution in [0.25, 0.3) is 11.1 Å². The van der Waals surface area contributed by atoms with E-state index in [1.807, 2.05) is 0 Å². The molecule has 0 spiro atoms. The first kappa shape index (κ1) is 20.0. The van der Waals surface area contributed by atoms with Crippen molar-refractivity contribution in [3.63, 3.8) is 0 Å². The van der Waals surface area contributed by atoms with Gasteiger partial charge in [0.15, 0.2) is 0 Å². The summed E-state index contributed by atoms with van der Waals surface area (Å²) in [6, 6.07) is 2.89. The number of ether oxygens (including phenoxy) is 1. The third-order valence-corrected chi connectivity index (χ3v) is 4.21. The minimum atomic E-state index is -3.02. The molecule has 0 unspecified atom stereocenters. The minimum Gasteiger partial charge on any atom is -0.464 e. The topological polar surface area (TPSA) is 129 Å². The molecule has 0 saturated heterocycles. The van der Waals surface area contributed by atoms with Gasteiger partial charge in [0.1, 0.15) is 5.69 Å². The maximum atomic E-state index is 13.8. The zero-order valence-corrected chi connectivity index (χ0v) is 14.1. The van der Waals surface area contributed by atoms with Gasteiger partial charge < -0.3 is 30.8 Å². The zero-order valence-electron chi connectivity index (χ0n) is 14.1. The number of carbonyl (C=O) groups excluding carboxylic acids is 1. The number of methoxy groups -OCH3 is 1. The number of H-pyrrole nitrogens is 1. The van der Waals surface area contributed by atoms with Crippen LogP contribution in [-0.2, 0) is 31.1 Å². The summed E-state index contributed by atoms with van der Waals surface area (Å²) >= 11 is 0. The lowest BCUT2D eigenvalue weighted by Gasteiger charge is -2.17. The standard InChI is InChI=1S/C17H20F2N2O5/c1-26-17(25)15-14(16(18)19)13(12(4-20)21-15)9-3-2-8(5-22)10(6-23)11(9)7-24/h2-3,16,21-24H,4-7,20H2,1H3. The van der Waals surface area contributed by atoms with Crippen molar-refractivity contribution in [3.05, 3.63) is 45.8 Å². The Morgan fingerprint density at radius 2 is 1.85 bits per heavy atom. The van der Waals surface area contributed by atoms with Crippen molar-refractivity contribution in [2.45, 2.75) is 32.8 Å². The van der Waals surface area contributed by atoms with Gasteiger partial charge in [-0.05, 0) is 22.3 Å². The van der Waals surface area contributed by atoms with E-state index in [0.717, 1.165) is 7.11 Å². The van der Waals surface area contributed by atoms with Gasteiger partial charge in [0.2, 0.25) is 0 Å². The zero-order chi connectivity index (χ0) is 19.4. The summed E-state index contributed by atoms with van der Waals surface area (Å²) in [4.78, 5) is 14.5. The van der Waals surface area contributed by atoms with Crippen LogP contribution in [0, 0.1) is 0 Å². The molecule has 0 bridgehead atoms. The van der Waals surface area contributed by atoms with Gasteiger partial charge in [0.05, 0.1) is 32.5 Å². The molecule has 0 radical (unpaired) electrons. The molecule has 0 aliphatic heterocycles. The second-order valence-corrected chi connectivity index (χ2v) is 5.47. The lowest BCUT2D eigenvalue weighted by Crippen LogP contribution is -2.07. The number of aliphatic hydroxyl groups is 3. The highest BCUT2D eigenvalue weighted by atomic mass is 19.3. The number of halogens is 2. The number of nitrogens with two attached hydrogens (primary N) is 1.